The van der Waals surface area contributed by atoms with Crippen molar-refractivity contribution in [1.29, 1.82) is 0 Å². The highest BCUT2D eigenvalue weighted by atomic mass is 15.2. The van der Waals surface area contributed by atoms with Gasteiger partial charge in [-0.15, -0.1) is 0 Å². The third-order valence-corrected chi connectivity index (χ3v) is 4.78. The third kappa shape index (κ3) is 4.75. The Hall–Kier alpha value is -1.00. The number of likely N-dealkylation sites (N-methyl/N-ethyl adjacent to an activating group) is 1. The van der Waals surface area contributed by atoms with Crippen LogP contribution in [0.3, 0.4) is 0 Å². The molecule has 21 heavy (non-hydrogen) atoms. The van der Waals surface area contributed by atoms with E-state index in [0.717, 1.165) is 24.4 Å². The molecule has 4 heteroatoms. The summed E-state index contributed by atoms with van der Waals surface area (Å²) in [5.41, 5.74) is 13.5. The van der Waals surface area contributed by atoms with Gasteiger partial charge in [0.15, 0.2) is 0 Å². The molecule has 0 bridgehead atoms. The van der Waals surface area contributed by atoms with Crippen LogP contribution in [0.2, 0.25) is 0 Å². The summed E-state index contributed by atoms with van der Waals surface area (Å²) in [4.78, 5) is 2.12. The van der Waals surface area contributed by atoms with Gasteiger partial charge in [-0.05, 0) is 33.1 Å². The number of nitrogens with zero attached hydrogens (tertiary/aromatic N) is 1. The number of rotatable bonds is 9. The van der Waals surface area contributed by atoms with Crippen LogP contribution < -0.4 is 16.8 Å². The van der Waals surface area contributed by atoms with Gasteiger partial charge in [-0.3, -0.25) is 0 Å². The average Bonchev–Trinajstić information content (AvgIpc) is 2.37. The minimum Gasteiger partial charge on any atom is -0.383 e. The Labute approximate surface area is 131 Å². The minimum absolute atomic E-state index is 0.0153. The molecule has 0 saturated heterocycles. The van der Waals surface area contributed by atoms with E-state index in [0.29, 0.717) is 5.92 Å². The molecule has 0 saturated carbocycles. The van der Waals surface area contributed by atoms with Crippen LogP contribution in [0.5, 0.6) is 0 Å². The summed E-state index contributed by atoms with van der Waals surface area (Å²) in [6.07, 6.45) is 1.06. The monoisotopic (exact) mass is 296 g/mol. The van der Waals surface area contributed by atoms with E-state index in [4.69, 9.17) is 11.5 Å². The van der Waals surface area contributed by atoms with Crippen molar-refractivity contribution in [3.8, 4) is 0 Å². The highest BCUT2D eigenvalue weighted by Crippen LogP contribution is 2.24. The van der Waals surface area contributed by atoms with Crippen molar-refractivity contribution in [2.24, 2.45) is 17.4 Å². The molecule has 0 aliphatic heterocycles. The fourth-order valence-electron chi connectivity index (χ4n) is 2.05. The Kier molecular flexibility index (Phi) is 6.97. The number of hydrogen-bond donors (Lipinski definition) is 3. The lowest BCUT2D eigenvalue weighted by molar-refractivity contribution is 0.283. The lowest BCUT2D eigenvalue weighted by atomic mass is 9.84. The molecule has 0 heterocycles. The Balaban J connectivity index is 4.96. The molecular weight excluding hydrogens is 260 g/mol. The topological polar surface area (TPSA) is 67.3 Å². The van der Waals surface area contributed by atoms with Gasteiger partial charge in [-0.25, -0.2) is 0 Å². The number of hydrogen-bond acceptors (Lipinski definition) is 4. The first kappa shape index (κ1) is 20.0. The summed E-state index contributed by atoms with van der Waals surface area (Å²) in [5, 5.41) is 3.39. The smallest absolute Gasteiger partial charge is 0.0726 e. The van der Waals surface area contributed by atoms with E-state index in [1.807, 2.05) is 27.8 Å². The minimum atomic E-state index is -0.570. The first-order valence-corrected chi connectivity index (χ1v) is 7.83. The van der Waals surface area contributed by atoms with Crippen molar-refractivity contribution in [3.05, 3.63) is 24.6 Å². The van der Waals surface area contributed by atoms with Gasteiger partial charge in [0.05, 0.1) is 11.1 Å². The summed E-state index contributed by atoms with van der Waals surface area (Å²) >= 11 is 0. The van der Waals surface area contributed by atoms with Gasteiger partial charge in [-0.1, -0.05) is 33.9 Å². The highest BCUT2D eigenvalue weighted by molar-refractivity contribution is 5.21. The molecule has 3 atom stereocenters. The molecule has 5 N–H and O–H groups in total. The van der Waals surface area contributed by atoms with Crippen molar-refractivity contribution >= 4 is 0 Å². The number of nitrogens with two attached hydrogens (primary N) is 2. The fourth-order valence-corrected chi connectivity index (χ4v) is 2.05. The van der Waals surface area contributed by atoms with E-state index in [1.165, 1.54) is 0 Å². The molecule has 0 spiro atoms. The van der Waals surface area contributed by atoms with E-state index >= 15 is 0 Å². The van der Waals surface area contributed by atoms with E-state index in [9.17, 15) is 0 Å². The fraction of sp³-hybridized carbons (Fsp3) is 0.765. The predicted octanol–water partition coefficient (Wildman–Crippen LogP) is 2.42. The molecule has 0 radical (unpaired) electrons. The third-order valence-electron chi connectivity index (χ3n) is 4.78. The molecule has 0 aliphatic carbocycles. The molecule has 0 rings (SSSR count). The Morgan fingerprint density at radius 3 is 2.00 bits per heavy atom. The predicted molar refractivity (Wildman–Crippen MR) is 93.8 cm³/mol. The van der Waals surface area contributed by atoms with Gasteiger partial charge in [0.1, 0.15) is 0 Å². The molecule has 0 aromatic carbocycles. The van der Waals surface area contributed by atoms with Gasteiger partial charge in [0.2, 0.25) is 0 Å². The number of nitrogens with one attached hydrogen (secondary N) is 1. The lowest BCUT2D eigenvalue weighted by Crippen LogP contribution is -2.60. The summed E-state index contributed by atoms with van der Waals surface area (Å²) in [5.74, 6) is 0.291. The second-order valence-corrected chi connectivity index (χ2v) is 6.93. The molecule has 0 aliphatic rings. The second-order valence-electron chi connectivity index (χ2n) is 6.93. The second kappa shape index (κ2) is 7.32. The molecule has 3 unspecified atom stereocenters. The molecule has 0 aromatic rings. The van der Waals surface area contributed by atoms with Crippen molar-refractivity contribution in [2.45, 2.75) is 65.1 Å². The molecule has 124 valence electrons. The van der Waals surface area contributed by atoms with Crippen LogP contribution in [0, 0.1) is 5.92 Å². The first-order chi connectivity index (χ1) is 9.38. The van der Waals surface area contributed by atoms with E-state index < -0.39 is 11.1 Å². The summed E-state index contributed by atoms with van der Waals surface area (Å²) in [6, 6.07) is -0.0153. The molecule has 4 nitrogen and oxygen atoms in total. The van der Waals surface area contributed by atoms with E-state index in [2.05, 4.69) is 44.1 Å². The largest absolute Gasteiger partial charge is 0.383 e. The molecule has 0 fully saturated rings. The van der Waals surface area contributed by atoms with Crippen molar-refractivity contribution in [2.75, 3.05) is 13.6 Å². The maximum Gasteiger partial charge on any atom is 0.0726 e. The first-order valence-electron chi connectivity index (χ1n) is 7.83. The van der Waals surface area contributed by atoms with Crippen LogP contribution in [0.1, 0.15) is 48.0 Å². The molecular formula is C17H36N4. The van der Waals surface area contributed by atoms with Gasteiger partial charge >= 0.3 is 0 Å². The maximum absolute atomic E-state index is 6.52. The van der Waals surface area contributed by atoms with Crippen LogP contribution in [-0.4, -0.2) is 35.6 Å². The normalized spacial score (nSPS) is 18.6. The highest BCUT2D eigenvalue weighted by Gasteiger charge is 2.35. The summed E-state index contributed by atoms with van der Waals surface area (Å²) in [7, 11) is 2.03. The van der Waals surface area contributed by atoms with Crippen LogP contribution in [-0.2, 0) is 0 Å². The average molecular weight is 297 g/mol. The van der Waals surface area contributed by atoms with Gasteiger partial charge in [0.25, 0.3) is 0 Å². The van der Waals surface area contributed by atoms with Crippen LogP contribution >= 0.6 is 0 Å². The Bertz CT molecular complexity index is 369. The standard InChI is InChI=1S/C17H36N4/c1-10-11-21(9)15(6)17(8,19)14(5)20-13(4)16(7,18)12(2)3/h12,14,20H,4,6,10-11,18-19H2,1-3,5,7-9H3. The quantitative estimate of drug-likeness (QED) is 0.611. The van der Waals surface area contributed by atoms with Crippen LogP contribution in [0.4, 0.5) is 0 Å². The van der Waals surface area contributed by atoms with Gasteiger partial charge in [-0.2, -0.15) is 0 Å². The zero-order valence-corrected chi connectivity index (χ0v) is 15.1. The van der Waals surface area contributed by atoms with Crippen molar-refractivity contribution in [1.82, 2.24) is 10.2 Å². The summed E-state index contributed by atoms with van der Waals surface area (Å²) < 4.78 is 0. The molecule has 0 amide bonds. The van der Waals surface area contributed by atoms with Crippen LogP contribution in [0.15, 0.2) is 24.6 Å². The van der Waals surface area contributed by atoms with Gasteiger partial charge in [0, 0.05) is 31.0 Å². The van der Waals surface area contributed by atoms with Gasteiger partial charge < -0.3 is 21.7 Å². The SMILES string of the molecule is C=C(NC(C)C(C)(N)C(=C)N(C)CCC)C(C)(N)C(C)C. The Morgan fingerprint density at radius 1 is 1.14 bits per heavy atom. The van der Waals surface area contributed by atoms with Crippen molar-refractivity contribution < 1.29 is 0 Å². The van der Waals surface area contributed by atoms with Crippen molar-refractivity contribution in [3.63, 3.8) is 0 Å². The van der Waals surface area contributed by atoms with E-state index in [1.54, 1.807) is 0 Å². The van der Waals surface area contributed by atoms with E-state index in [-0.39, 0.29) is 6.04 Å². The lowest BCUT2D eigenvalue weighted by Gasteiger charge is -2.42. The summed E-state index contributed by atoms with van der Waals surface area (Å²) in [6.45, 7) is 21.6. The zero-order chi connectivity index (χ0) is 17.0. The zero-order valence-electron chi connectivity index (χ0n) is 15.1. The maximum atomic E-state index is 6.52. The van der Waals surface area contributed by atoms with Crippen LogP contribution in [0.25, 0.3) is 0 Å². The molecule has 0 aromatic heterocycles. The Morgan fingerprint density at radius 2 is 1.62 bits per heavy atom.